The summed E-state index contributed by atoms with van der Waals surface area (Å²) in [5.74, 6) is 0.514. The molecule has 1 aliphatic rings. The van der Waals surface area contributed by atoms with Gasteiger partial charge in [-0.25, -0.2) is 9.67 Å². The topological polar surface area (TPSA) is 87.8 Å². The quantitative estimate of drug-likeness (QED) is 0.748. The van der Waals surface area contributed by atoms with E-state index in [-0.39, 0.29) is 6.10 Å². The maximum atomic E-state index is 5.59. The summed E-state index contributed by atoms with van der Waals surface area (Å²) in [5.41, 5.74) is 0. The summed E-state index contributed by atoms with van der Waals surface area (Å²) in [6.07, 6.45) is 3.96. The Bertz CT molecular complexity index is 572. The highest BCUT2D eigenvalue weighted by Gasteiger charge is 2.19. The first-order valence-corrected chi connectivity index (χ1v) is 7.09. The molecule has 106 valence electrons. The Morgan fingerprint density at radius 1 is 1.55 bits per heavy atom. The van der Waals surface area contributed by atoms with Gasteiger partial charge in [0.2, 0.25) is 11.0 Å². The van der Waals surface area contributed by atoms with Crippen molar-refractivity contribution in [1.29, 1.82) is 0 Å². The van der Waals surface area contributed by atoms with Crippen molar-refractivity contribution in [1.82, 2.24) is 30.2 Å². The second-order valence-corrected chi connectivity index (χ2v) is 5.20. The third-order valence-corrected chi connectivity index (χ3v) is 3.75. The van der Waals surface area contributed by atoms with E-state index in [0.29, 0.717) is 22.7 Å². The standard InChI is InChI=1S/C11H14N6O2S/c1-18-9-4-5-12-10(13-9)20-11-14-15-16-17(11)7-8-3-2-6-19-8/h4-5,8H,2-3,6-7H2,1H3. The summed E-state index contributed by atoms with van der Waals surface area (Å²) >= 11 is 1.30. The summed E-state index contributed by atoms with van der Waals surface area (Å²) in [6.45, 7) is 1.47. The Kier molecular flexibility index (Phi) is 4.07. The molecule has 0 aromatic carbocycles. The molecule has 1 atom stereocenters. The van der Waals surface area contributed by atoms with Crippen molar-refractivity contribution < 1.29 is 9.47 Å². The lowest BCUT2D eigenvalue weighted by atomic mass is 10.2. The lowest BCUT2D eigenvalue weighted by Crippen LogP contribution is -2.16. The number of aromatic nitrogens is 6. The second kappa shape index (κ2) is 6.14. The highest BCUT2D eigenvalue weighted by atomic mass is 32.2. The number of rotatable bonds is 5. The predicted molar refractivity (Wildman–Crippen MR) is 69.5 cm³/mol. The van der Waals surface area contributed by atoms with Gasteiger partial charge in [0.05, 0.1) is 19.8 Å². The van der Waals surface area contributed by atoms with Crippen LogP contribution in [0, 0.1) is 0 Å². The lowest BCUT2D eigenvalue weighted by molar-refractivity contribution is 0.0911. The van der Waals surface area contributed by atoms with E-state index in [1.54, 1.807) is 24.1 Å². The average molecular weight is 294 g/mol. The van der Waals surface area contributed by atoms with Crippen LogP contribution in [0.2, 0.25) is 0 Å². The molecular formula is C11H14N6O2S. The van der Waals surface area contributed by atoms with Gasteiger partial charge in [-0.3, -0.25) is 0 Å². The van der Waals surface area contributed by atoms with E-state index in [9.17, 15) is 0 Å². The fourth-order valence-corrected chi connectivity index (χ4v) is 2.64. The van der Waals surface area contributed by atoms with Crippen LogP contribution in [0.4, 0.5) is 0 Å². The molecule has 8 nitrogen and oxygen atoms in total. The number of tetrazole rings is 1. The number of hydrogen-bond donors (Lipinski definition) is 0. The minimum absolute atomic E-state index is 0.184. The highest BCUT2D eigenvalue weighted by Crippen LogP contribution is 2.24. The third kappa shape index (κ3) is 3.05. The molecule has 3 heterocycles. The van der Waals surface area contributed by atoms with Gasteiger partial charge >= 0.3 is 0 Å². The fraction of sp³-hybridized carbons (Fsp3) is 0.545. The largest absolute Gasteiger partial charge is 0.481 e. The maximum Gasteiger partial charge on any atom is 0.217 e. The second-order valence-electron chi connectivity index (χ2n) is 4.26. The van der Waals surface area contributed by atoms with Gasteiger partial charge in [-0.2, -0.15) is 4.98 Å². The lowest BCUT2D eigenvalue weighted by Gasteiger charge is -2.09. The van der Waals surface area contributed by atoms with Gasteiger partial charge in [0.15, 0.2) is 5.16 Å². The molecule has 0 amide bonds. The SMILES string of the molecule is COc1ccnc(Sc2nnnn2CC2CCCO2)n1. The Hall–Kier alpha value is -1.74. The average Bonchev–Trinajstić information content (AvgIpc) is 3.12. The van der Waals surface area contributed by atoms with Crippen LogP contribution < -0.4 is 4.74 Å². The van der Waals surface area contributed by atoms with E-state index in [4.69, 9.17) is 9.47 Å². The van der Waals surface area contributed by atoms with E-state index in [0.717, 1.165) is 19.4 Å². The van der Waals surface area contributed by atoms with E-state index in [1.165, 1.54) is 11.8 Å². The Labute approximate surface area is 119 Å². The molecule has 2 aromatic rings. The van der Waals surface area contributed by atoms with Gasteiger partial charge < -0.3 is 9.47 Å². The van der Waals surface area contributed by atoms with E-state index in [2.05, 4.69) is 25.5 Å². The Balaban J connectivity index is 1.72. The van der Waals surface area contributed by atoms with Crippen LogP contribution in [0.5, 0.6) is 5.88 Å². The van der Waals surface area contributed by atoms with Crippen molar-refractivity contribution in [2.24, 2.45) is 0 Å². The normalized spacial score (nSPS) is 18.4. The predicted octanol–water partition coefficient (Wildman–Crippen LogP) is 0.802. The molecule has 0 spiro atoms. The van der Waals surface area contributed by atoms with Gasteiger partial charge in [0.25, 0.3) is 0 Å². The zero-order chi connectivity index (χ0) is 13.8. The van der Waals surface area contributed by atoms with Gasteiger partial charge in [0.1, 0.15) is 0 Å². The van der Waals surface area contributed by atoms with Crippen LogP contribution in [0.15, 0.2) is 22.6 Å². The van der Waals surface area contributed by atoms with E-state index >= 15 is 0 Å². The van der Waals surface area contributed by atoms with E-state index in [1.807, 2.05) is 0 Å². The summed E-state index contributed by atoms with van der Waals surface area (Å²) in [7, 11) is 1.57. The Morgan fingerprint density at radius 2 is 2.50 bits per heavy atom. The summed E-state index contributed by atoms with van der Waals surface area (Å²) in [5, 5.41) is 12.9. The summed E-state index contributed by atoms with van der Waals surface area (Å²) in [4.78, 5) is 8.40. The van der Waals surface area contributed by atoms with Crippen molar-refractivity contribution >= 4 is 11.8 Å². The fourth-order valence-electron chi connectivity index (χ4n) is 1.94. The first-order valence-electron chi connectivity index (χ1n) is 6.28. The van der Waals surface area contributed by atoms with Crippen LogP contribution in [0.3, 0.4) is 0 Å². The Morgan fingerprint density at radius 3 is 3.30 bits per heavy atom. The van der Waals surface area contributed by atoms with Gasteiger partial charge in [-0.1, -0.05) is 0 Å². The van der Waals surface area contributed by atoms with Gasteiger partial charge in [-0.05, 0) is 35.0 Å². The molecule has 1 fully saturated rings. The van der Waals surface area contributed by atoms with Crippen molar-refractivity contribution in [3.63, 3.8) is 0 Å². The van der Waals surface area contributed by atoms with Gasteiger partial charge in [-0.15, -0.1) is 5.10 Å². The van der Waals surface area contributed by atoms with Crippen LogP contribution in [-0.2, 0) is 11.3 Å². The van der Waals surface area contributed by atoms with Crippen LogP contribution >= 0.6 is 11.8 Å². The molecule has 1 unspecified atom stereocenters. The van der Waals surface area contributed by atoms with E-state index < -0.39 is 0 Å². The van der Waals surface area contributed by atoms with Gasteiger partial charge in [0, 0.05) is 18.9 Å². The molecule has 0 radical (unpaired) electrons. The number of ether oxygens (including phenoxy) is 2. The zero-order valence-electron chi connectivity index (χ0n) is 11.0. The molecular weight excluding hydrogens is 280 g/mol. The minimum Gasteiger partial charge on any atom is -0.481 e. The molecule has 0 saturated carbocycles. The molecule has 20 heavy (non-hydrogen) atoms. The summed E-state index contributed by atoms with van der Waals surface area (Å²) < 4.78 is 12.4. The first kappa shape index (κ1) is 13.3. The third-order valence-electron chi connectivity index (χ3n) is 2.90. The molecule has 0 N–H and O–H groups in total. The number of hydrogen-bond acceptors (Lipinski definition) is 8. The first-order chi connectivity index (χ1) is 9.85. The van der Waals surface area contributed by atoms with Crippen molar-refractivity contribution in [2.45, 2.75) is 35.8 Å². The molecule has 1 aliphatic heterocycles. The summed E-state index contributed by atoms with van der Waals surface area (Å²) in [6, 6.07) is 1.69. The molecule has 9 heteroatoms. The maximum absolute atomic E-state index is 5.59. The zero-order valence-corrected chi connectivity index (χ0v) is 11.8. The van der Waals surface area contributed by atoms with Crippen molar-refractivity contribution in [2.75, 3.05) is 13.7 Å². The number of nitrogens with zero attached hydrogens (tertiary/aromatic N) is 6. The van der Waals surface area contributed by atoms with Crippen LogP contribution in [0.1, 0.15) is 12.8 Å². The van der Waals surface area contributed by atoms with Crippen molar-refractivity contribution in [3.8, 4) is 5.88 Å². The van der Waals surface area contributed by atoms with Crippen LogP contribution in [0.25, 0.3) is 0 Å². The molecule has 1 saturated heterocycles. The molecule has 2 aromatic heterocycles. The smallest absolute Gasteiger partial charge is 0.217 e. The van der Waals surface area contributed by atoms with Crippen LogP contribution in [-0.4, -0.2) is 50.0 Å². The molecule has 3 rings (SSSR count). The number of methoxy groups -OCH3 is 1. The monoisotopic (exact) mass is 294 g/mol. The highest BCUT2D eigenvalue weighted by molar-refractivity contribution is 7.99. The van der Waals surface area contributed by atoms with Crippen molar-refractivity contribution in [3.05, 3.63) is 12.3 Å². The minimum atomic E-state index is 0.184. The molecule has 0 bridgehead atoms. The molecule has 0 aliphatic carbocycles.